The van der Waals surface area contributed by atoms with Crippen LogP contribution in [0.4, 0.5) is 0 Å². The van der Waals surface area contributed by atoms with Crippen molar-refractivity contribution in [3.63, 3.8) is 0 Å². The average Bonchev–Trinajstić information content (AvgIpc) is 2.76. The molecule has 6 heteroatoms. The Balaban J connectivity index is 1.98. The molecule has 0 bridgehead atoms. The molecule has 0 aliphatic carbocycles. The van der Waals surface area contributed by atoms with Gasteiger partial charge < -0.3 is 0 Å². The van der Waals surface area contributed by atoms with Gasteiger partial charge in [-0.3, -0.25) is 9.36 Å². The van der Waals surface area contributed by atoms with E-state index in [0.717, 1.165) is 17.3 Å². The number of nitrogens with zero attached hydrogens (tertiary/aromatic N) is 2. The fourth-order valence-electron chi connectivity index (χ4n) is 3.29. The monoisotopic (exact) mass is 416 g/mol. The molecule has 0 aliphatic rings. The highest BCUT2D eigenvalue weighted by molar-refractivity contribution is 7.91. The first-order valence-electron chi connectivity index (χ1n) is 9.48. The normalized spacial score (nSPS) is 11.4. The van der Waals surface area contributed by atoms with Gasteiger partial charge in [-0.2, -0.15) is 0 Å². The smallest absolute Gasteiger partial charge is 0.269 e. The van der Waals surface area contributed by atoms with Crippen LogP contribution in [0.15, 0.2) is 106 Å². The summed E-state index contributed by atoms with van der Waals surface area (Å²) in [7, 11) is -3.94. The Kier molecular flexibility index (Phi) is 5.33. The van der Waals surface area contributed by atoms with Crippen LogP contribution in [0.2, 0.25) is 0 Å². The summed E-state index contributed by atoms with van der Waals surface area (Å²) in [4.78, 5) is 17.0. The van der Waals surface area contributed by atoms with Crippen molar-refractivity contribution in [1.82, 2.24) is 9.55 Å². The van der Waals surface area contributed by atoms with Crippen LogP contribution in [0, 0.1) is 6.92 Å². The Morgan fingerprint density at radius 1 is 0.833 bits per heavy atom. The molecule has 30 heavy (non-hydrogen) atoms. The van der Waals surface area contributed by atoms with Crippen molar-refractivity contribution in [2.24, 2.45) is 0 Å². The molecule has 3 aromatic carbocycles. The molecule has 0 saturated heterocycles. The van der Waals surface area contributed by atoms with Gasteiger partial charge in [0.25, 0.3) is 5.56 Å². The molecule has 0 spiro atoms. The second kappa shape index (κ2) is 8.08. The summed E-state index contributed by atoms with van der Waals surface area (Å²) in [5.41, 5.74) is 2.39. The highest BCUT2D eigenvalue weighted by Crippen LogP contribution is 2.29. The van der Waals surface area contributed by atoms with Gasteiger partial charge in [0.2, 0.25) is 9.84 Å². The molecular formula is C24H20N2O3S. The molecule has 5 nitrogen and oxygen atoms in total. The SMILES string of the molecule is Cc1ccc(S(=O)(=O)c2ncc(=O)n(Cc3ccccc3)c2-c2ccccc2)cc1. The largest absolute Gasteiger partial charge is 0.300 e. The first-order chi connectivity index (χ1) is 14.5. The lowest BCUT2D eigenvalue weighted by molar-refractivity contribution is 0.589. The van der Waals surface area contributed by atoms with E-state index in [0.29, 0.717) is 5.56 Å². The molecule has 0 N–H and O–H groups in total. The van der Waals surface area contributed by atoms with Gasteiger partial charge in [0.15, 0.2) is 5.03 Å². The summed E-state index contributed by atoms with van der Waals surface area (Å²) in [6.45, 7) is 2.13. The van der Waals surface area contributed by atoms with Crippen LogP contribution in [-0.4, -0.2) is 18.0 Å². The Hall–Kier alpha value is -3.51. The van der Waals surface area contributed by atoms with Gasteiger partial charge in [0, 0.05) is 5.56 Å². The fourth-order valence-corrected chi connectivity index (χ4v) is 4.69. The quantitative estimate of drug-likeness (QED) is 0.491. The lowest BCUT2D eigenvalue weighted by Crippen LogP contribution is -2.25. The van der Waals surface area contributed by atoms with Gasteiger partial charge in [-0.25, -0.2) is 13.4 Å². The van der Waals surface area contributed by atoms with E-state index in [2.05, 4.69) is 4.98 Å². The molecule has 1 aromatic heterocycles. The van der Waals surface area contributed by atoms with Crippen molar-refractivity contribution in [3.8, 4) is 11.3 Å². The third kappa shape index (κ3) is 3.82. The van der Waals surface area contributed by atoms with E-state index >= 15 is 0 Å². The van der Waals surface area contributed by atoms with Crippen LogP contribution in [0.25, 0.3) is 11.3 Å². The number of rotatable bonds is 5. The predicted octanol–water partition coefficient (Wildman–Crippen LogP) is 4.10. The average molecular weight is 417 g/mol. The number of sulfone groups is 1. The van der Waals surface area contributed by atoms with Gasteiger partial charge in [0.05, 0.1) is 23.3 Å². The minimum atomic E-state index is -3.94. The third-order valence-corrected chi connectivity index (χ3v) is 6.55. The topological polar surface area (TPSA) is 69.0 Å². The summed E-state index contributed by atoms with van der Waals surface area (Å²) < 4.78 is 28.4. The maximum absolute atomic E-state index is 13.5. The molecule has 1 heterocycles. The van der Waals surface area contributed by atoms with E-state index in [9.17, 15) is 13.2 Å². The molecule has 4 rings (SSSR count). The Morgan fingerprint density at radius 2 is 1.43 bits per heavy atom. The Labute approximate surface area is 175 Å². The molecule has 150 valence electrons. The van der Waals surface area contributed by atoms with E-state index in [4.69, 9.17) is 0 Å². The molecule has 0 amide bonds. The van der Waals surface area contributed by atoms with Crippen LogP contribution in [0.3, 0.4) is 0 Å². The van der Waals surface area contributed by atoms with Gasteiger partial charge in [0.1, 0.15) is 0 Å². The molecule has 0 aliphatic heterocycles. The molecule has 0 fully saturated rings. The zero-order valence-corrected chi connectivity index (χ0v) is 17.2. The second-order valence-corrected chi connectivity index (χ2v) is 8.87. The first-order valence-corrected chi connectivity index (χ1v) is 11.0. The third-order valence-electron chi connectivity index (χ3n) is 4.85. The number of hydrogen-bond donors (Lipinski definition) is 0. The summed E-state index contributed by atoms with van der Waals surface area (Å²) in [5.74, 6) is 0. The zero-order chi connectivity index (χ0) is 21.1. The molecule has 0 saturated carbocycles. The van der Waals surface area contributed by atoms with Crippen molar-refractivity contribution in [2.45, 2.75) is 23.4 Å². The minimum absolute atomic E-state index is 0.131. The summed E-state index contributed by atoms with van der Waals surface area (Å²) >= 11 is 0. The first kappa shape index (κ1) is 19.8. The van der Waals surface area contributed by atoms with Crippen LogP contribution in [0.5, 0.6) is 0 Å². The number of aryl methyl sites for hydroxylation is 1. The van der Waals surface area contributed by atoms with Crippen LogP contribution < -0.4 is 5.56 Å². The van der Waals surface area contributed by atoms with Crippen molar-refractivity contribution in [2.75, 3.05) is 0 Å². The van der Waals surface area contributed by atoms with E-state index < -0.39 is 9.84 Å². The van der Waals surface area contributed by atoms with Crippen molar-refractivity contribution < 1.29 is 8.42 Å². The van der Waals surface area contributed by atoms with Crippen molar-refractivity contribution >= 4 is 9.84 Å². The molecule has 4 aromatic rings. The predicted molar refractivity (Wildman–Crippen MR) is 116 cm³/mol. The van der Waals surface area contributed by atoms with Gasteiger partial charge in [-0.05, 0) is 24.6 Å². The summed E-state index contributed by atoms with van der Waals surface area (Å²) in [6.07, 6.45) is 1.08. The Morgan fingerprint density at radius 3 is 2.07 bits per heavy atom. The minimum Gasteiger partial charge on any atom is -0.300 e. The summed E-state index contributed by atoms with van der Waals surface area (Å²) in [6, 6.07) is 25.1. The van der Waals surface area contributed by atoms with Gasteiger partial charge >= 0.3 is 0 Å². The molecule has 0 unspecified atom stereocenters. The van der Waals surface area contributed by atoms with Crippen LogP contribution in [0.1, 0.15) is 11.1 Å². The van der Waals surface area contributed by atoms with E-state index in [1.54, 1.807) is 36.4 Å². The van der Waals surface area contributed by atoms with Gasteiger partial charge in [-0.15, -0.1) is 0 Å². The summed E-state index contributed by atoms with van der Waals surface area (Å²) in [5, 5.41) is -0.131. The van der Waals surface area contributed by atoms with Crippen molar-refractivity contribution in [3.05, 3.63) is 113 Å². The van der Waals surface area contributed by atoms with Crippen LogP contribution >= 0.6 is 0 Å². The highest BCUT2D eigenvalue weighted by atomic mass is 32.2. The maximum Gasteiger partial charge on any atom is 0.269 e. The van der Waals surface area contributed by atoms with E-state index in [1.807, 2.05) is 55.5 Å². The van der Waals surface area contributed by atoms with Crippen molar-refractivity contribution in [1.29, 1.82) is 0 Å². The van der Waals surface area contributed by atoms with Gasteiger partial charge in [-0.1, -0.05) is 78.4 Å². The second-order valence-electron chi connectivity index (χ2n) is 7.00. The molecular weight excluding hydrogens is 396 g/mol. The standard InChI is InChI=1S/C24H20N2O3S/c1-18-12-14-21(15-13-18)30(28,29)24-23(20-10-6-3-7-11-20)26(22(27)16-25-24)17-19-8-4-2-5-9-19/h2-16H,17H2,1H3. The fraction of sp³-hybridized carbons (Fsp3) is 0.0833. The zero-order valence-electron chi connectivity index (χ0n) is 16.4. The lowest BCUT2D eigenvalue weighted by atomic mass is 10.1. The molecule has 0 atom stereocenters. The highest BCUT2D eigenvalue weighted by Gasteiger charge is 2.27. The maximum atomic E-state index is 13.5. The lowest BCUT2D eigenvalue weighted by Gasteiger charge is -2.17. The number of aromatic nitrogens is 2. The van der Waals surface area contributed by atoms with E-state index in [-0.39, 0.29) is 27.7 Å². The number of benzene rings is 3. The Bertz CT molecular complexity index is 1330. The number of hydrogen-bond acceptors (Lipinski definition) is 4. The molecule has 0 radical (unpaired) electrons. The van der Waals surface area contributed by atoms with Crippen LogP contribution in [-0.2, 0) is 16.4 Å². The van der Waals surface area contributed by atoms with E-state index in [1.165, 1.54) is 4.57 Å².